The van der Waals surface area contributed by atoms with Crippen molar-refractivity contribution in [3.63, 3.8) is 0 Å². The molecule has 0 aliphatic carbocycles. The molecule has 0 spiro atoms. The fourth-order valence-electron chi connectivity index (χ4n) is 1.89. The highest BCUT2D eigenvalue weighted by Gasteiger charge is 2.33. The van der Waals surface area contributed by atoms with Crippen LogP contribution in [0.15, 0.2) is 29.2 Å². The average molecular weight is 364 g/mol. The van der Waals surface area contributed by atoms with Gasteiger partial charge in [0.05, 0.1) is 17.5 Å². The topological polar surface area (TPSA) is 86.7 Å². The second kappa shape index (κ2) is 8.07. The molecule has 6 nitrogen and oxygen atoms in total. The number of ether oxygens (including phenoxy) is 1. The summed E-state index contributed by atoms with van der Waals surface area (Å²) in [6.07, 6.45) is 2.29. The number of esters is 1. The van der Waals surface area contributed by atoms with E-state index in [1.54, 1.807) is 18.2 Å². The maximum atomic E-state index is 12.3. The Labute approximate surface area is 148 Å². The number of benzene rings is 1. The van der Waals surface area contributed by atoms with Gasteiger partial charge in [0.25, 0.3) is 5.91 Å². The van der Waals surface area contributed by atoms with Gasteiger partial charge in [-0.1, -0.05) is 55.2 Å². The number of carbonyl (C=O) groups is 3. The molecular formula is C16H14NO5S2-. The summed E-state index contributed by atoms with van der Waals surface area (Å²) in [7, 11) is 0. The molecule has 1 fully saturated rings. The van der Waals surface area contributed by atoms with Crippen LogP contribution in [0, 0.1) is 0 Å². The van der Waals surface area contributed by atoms with Gasteiger partial charge in [-0.25, -0.2) is 0 Å². The predicted octanol–water partition coefficient (Wildman–Crippen LogP) is 1.20. The van der Waals surface area contributed by atoms with Crippen molar-refractivity contribution in [3.8, 4) is 0 Å². The lowest BCUT2D eigenvalue weighted by Gasteiger charge is -2.13. The van der Waals surface area contributed by atoms with E-state index in [1.807, 2.05) is 6.92 Å². The third-order valence-electron chi connectivity index (χ3n) is 3.07. The van der Waals surface area contributed by atoms with E-state index in [0.29, 0.717) is 23.5 Å². The van der Waals surface area contributed by atoms with E-state index in [-0.39, 0.29) is 22.3 Å². The lowest BCUT2D eigenvalue weighted by molar-refractivity contribution is -0.255. The monoisotopic (exact) mass is 364 g/mol. The maximum absolute atomic E-state index is 12.3. The molecule has 0 unspecified atom stereocenters. The van der Waals surface area contributed by atoms with Crippen molar-refractivity contribution in [3.05, 3.63) is 40.3 Å². The van der Waals surface area contributed by atoms with Crippen molar-refractivity contribution in [2.24, 2.45) is 0 Å². The van der Waals surface area contributed by atoms with Crippen LogP contribution >= 0.6 is 24.0 Å². The fourth-order valence-corrected chi connectivity index (χ4v) is 3.15. The van der Waals surface area contributed by atoms with E-state index in [1.165, 1.54) is 17.0 Å². The summed E-state index contributed by atoms with van der Waals surface area (Å²) in [5.74, 6) is -2.14. The van der Waals surface area contributed by atoms with Crippen molar-refractivity contribution >= 4 is 52.2 Å². The number of hydrogen-bond donors (Lipinski definition) is 0. The van der Waals surface area contributed by atoms with Crippen molar-refractivity contribution in [1.29, 1.82) is 0 Å². The smallest absolute Gasteiger partial charge is 0.326 e. The van der Waals surface area contributed by atoms with Crippen molar-refractivity contribution in [2.75, 3.05) is 13.2 Å². The van der Waals surface area contributed by atoms with E-state index in [2.05, 4.69) is 0 Å². The summed E-state index contributed by atoms with van der Waals surface area (Å²) >= 11 is 6.22. The molecular weight excluding hydrogens is 350 g/mol. The molecule has 1 heterocycles. The van der Waals surface area contributed by atoms with Crippen LogP contribution in [-0.4, -0.2) is 40.2 Å². The fraction of sp³-hybridized carbons (Fsp3) is 0.250. The molecule has 1 saturated heterocycles. The zero-order chi connectivity index (χ0) is 17.7. The molecule has 1 aromatic carbocycles. The van der Waals surface area contributed by atoms with E-state index in [4.69, 9.17) is 17.0 Å². The molecule has 0 bridgehead atoms. The number of carbonyl (C=O) groups excluding carboxylic acids is 3. The third-order valence-corrected chi connectivity index (χ3v) is 4.45. The molecule has 0 aromatic heterocycles. The Morgan fingerprint density at radius 1 is 1.33 bits per heavy atom. The Bertz CT molecular complexity index is 712. The SMILES string of the molecule is CCCOC(=O)CN1C(=O)/C(=C/c2ccc(C(=O)[O-])cc2)SC1=S. The van der Waals surface area contributed by atoms with Crippen molar-refractivity contribution in [1.82, 2.24) is 4.90 Å². The first-order valence-corrected chi connectivity index (χ1v) is 8.37. The number of thioether (sulfide) groups is 1. The van der Waals surface area contributed by atoms with Crippen molar-refractivity contribution < 1.29 is 24.2 Å². The number of nitrogens with zero attached hydrogens (tertiary/aromatic N) is 1. The molecule has 0 atom stereocenters. The molecule has 2 rings (SSSR count). The normalized spacial score (nSPS) is 15.9. The standard InChI is InChI=1S/C16H15NO5S2/c1-2-7-22-13(18)9-17-14(19)12(24-16(17)23)8-10-3-5-11(6-4-10)15(20)21/h3-6,8H,2,7,9H2,1H3,(H,20,21)/p-1/b12-8-. The van der Waals surface area contributed by atoms with E-state index < -0.39 is 11.9 Å². The highest BCUT2D eigenvalue weighted by atomic mass is 32.2. The van der Waals surface area contributed by atoms with Crippen LogP contribution in [-0.2, 0) is 14.3 Å². The minimum atomic E-state index is -1.27. The molecule has 1 amide bonds. The minimum absolute atomic E-state index is 0.0540. The average Bonchev–Trinajstić information content (AvgIpc) is 2.81. The number of aromatic carboxylic acids is 1. The summed E-state index contributed by atoms with van der Waals surface area (Å²) < 4.78 is 5.24. The zero-order valence-electron chi connectivity index (χ0n) is 12.8. The first-order valence-electron chi connectivity index (χ1n) is 7.14. The van der Waals surface area contributed by atoms with E-state index >= 15 is 0 Å². The van der Waals surface area contributed by atoms with Gasteiger partial charge in [-0.3, -0.25) is 14.5 Å². The van der Waals surface area contributed by atoms with Crippen LogP contribution in [0.4, 0.5) is 0 Å². The van der Waals surface area contributed by atoms with Gasteiger partial charge in [0.15, 0.2) is 0 Å². The molecule has 0 N–H and O–H groups in total. The quantitative estimate of drug-likeness (QED) is 0.426. The van der Waals surface area contributed by atoms with E-state index in [0.717, 1.165) is 11.8 Å². The van der Waals surface area contributed by atoms with Gasteiger partial charge in [0.2, 0.25) is 0 Å². The molecule has 1 aliphatic heterocycles. The van der Waals surface area contributed by atoms with Crippen LogP contribution in [0.1, 0.15) is 29.3 Å². The number of thiocarbonyl (C=S) groups is 1. The molecule has 8 heteroatoms. The summed E-state index contributed by atoms with van der Waals surface area (Å²) in [5.41, 5.74) is 0.701. The first-order chi connectivity index (χ1) is 11.4. The maximum Gasteiger partial charge on any atom is 0.326 e. The summed E-state index contributed by atoms with van der Waals surface area (Å²) in [5, 5.41) is 10.7. The van der Waals surface area contributed by atoms with Gasteiger partial charge >= 0.3 is 5.97 Å². The summed E-state index contributed by atoms with van der Waals surface area (Å²) in [4.78, 5) is 36.3. The van der Waals surface area contributed by atoms with E-state index in [9.17, 15) is 19.5 Å². The van der Waals surface area contributed by atoms with Gasteiger partial charge in [0.1, 0.15) is 10.9 Å². The molecule has 1 aliphatic rings. The molecule has 126 valence electrons. The lowest BCUT2D eigenvalue weighted by atomic mass is 10.1. The minimum Gasteiger partial charge on any atom is -0.545 e. The van der Waals surface area contributed by atoms with Gasteiger partial charge < -0.3 is 14.6 Å². The lowest BCUT2D eigenvalue weighted by Crippen LogP contribution is -2.34. The van der Waals surface area contributed by atoms with Crippen LogP contribution in [0.25, 0.3) is 6.08 Å². The molecule has 0 saturated carbocycles. The second-order valence-electron chi connectivity index (χ2n) is 4.90. The second-order valence-corrected chi connectivity index (χ2v) is 6.57. The third kappa shape index (κ3) is 4.42. The Balaban J connectivity index is 2.09. The predicted molar refractivity (Wildman–Crippen MR) is 91.9 cm³/mol. The van der Waals surface area contributed by atoms with Crippen LogP contribution in [0.2, 0.25) is 0 Å². The summed E-state index contributed by atoms with van der Waals surface area (Å²) in [6.45, 7) is 1.96. The van der Waals surface area contributed by atoms with Gasteiger partial charge in [-0.15, -0.1) is 0 Å². The van der Waals surface area contributed by atoms with Crippen LogP contribution in [0.3, 0.4) is 0 Å². The number of rotatable bonds is 6. The van der Waals surface area contributed by atoms with Gasteiger partial charge in [-0.2, -0.15) is 0 Å². The van der Waals surface area contributed by atoms with Crippen molar-refractivity contribution in [2.45, 2.75) is 13.3 Å². The summed E-state index contributed by atoms with van der Waals surface area (Å²) in [6, 6.07) is 5.91. The molecule has 24 heavy (non-hydrogen) atoms. The van der Waals surface area contributed by atoms with Crippen LogP contribution < -0.4 is 5.11 Å². The number of carboxylic acid groups (broad SMARTS) is 1. The highest BCUT2D eigenvalue weighted by molar-refractivity contribution is 8.26. The van der Waals surface area contributed by atoms with Gasteiger partial charge in [0, 0.05) is 0 Å². The molecule has 0 radical (unpaired) electrons. The Hall–Kier alpha value is -2.19. The Kier molecular flexibility index (Phi) is 6.10. The number of amides is 1. The first kappa shape index (κ1) is 18.2. The Morgan fingerprint density at radius 3 is 2.58 bits per heavy atom. The largest absolute Gasteiger partial charge is 0.545 e. The van der Waals surface area contributed by atoms with Gasteiger partial charge in [-0.05, 0) is 23.6 Å². The van der Waals surface area contributed by atoms with Crippen LogP contribution in [0.5, 0.6) is 0 Å². The molecule has 1 aromatic rings. The number of carboxylic acids is 1. The highest BCUT2D eigenvalue weighted by Crippen LogP contribution is 2.32. The zero-order valence-corrected chi connectivity index (χ0v) is 14.4. The number of hydrogen-bond acceptors (Lipinski definition) is 7. The Morgan fingerprint density at radius 2 is 2.00 bits per heavy atom.